The minimum atomic E-state index is -1.93. The van der Waals surface area contributed by atoms with Crippen LogP contribution >= 0.6 is 27.5 Å². The monoisotopic (exact) mass is 325 g/mol. The molecule has 0 aliphatic rings. The Morgan fingerprint density at radius 1 is 1.65 bits per heavy atom. The molecule has 0 saturated heterocycles. The van der Waals surface area contributed by atoms with E-state index in [1.807, 2.05) is 0 Å². The van der Waals surface area contributed by atoms with Gasteiger partial charge in [0.05, 0.1) is 17.3 Å². The van der Waals surface area contributed by atoms with Crippen LogP contribution in [0.25, 0.3) is 0 Å². The smallest absolute Gasteiger partial charge is 0.337 e. The summed E-state index contributed by atoms with van der Waals surface area (Å²) in [6.45, 7) is 0.889. The minimum Gasteiger partial charge on any atom is -0.479 e. The van der Waals surface area contributed by atoms with Gasteiger partial charge >= 0.3 is 5.97 Å². The molecule has 0 saturated carbocycles. The lowest BCUT2D eigenvalue weighted by atomic mass is 10.1. The van der Waals surface area contributed by atoms with E-state index in [4.69, 9.17) is 16.7 Å². The van der Waals surface area contributed by atoms with Gasteiger partial charge in [0.15, 0.2) is 5.60 Å². The first-order valence-corrected chi connectivity index (χ1v) is 5.75. The molecule has 1 aromatic rings. The molecule has 0 aliphatic carbocycles. The molecule has 0 aromatic heterocycles. The SMILES string of the molecule is CC(O)(CNc1c(Cl)cc(F)cc1Br)C(=O)O. The van der Waals surface area contributed by atoms with Gasteiger partial charge < -0.3 is 15.5 Å². The van der Waals surface area contributed by atoms with Gasteiger partial charge in [0, 0.05) is 4.47 Å². The van der Waals surface area contributed by atoms with Crippen molar-refractivity contribution in [1.82, 2.24) is 0 Å². The van der Waals surface area contributed by atoms with Crippen LogP contribution in [0.2, 0.25) is 5.02 Å². The fourth-order valence-corrected chi connectivity index (χ4v) is 2.01. The number of carbonyl (C=O) groups is 1. The zero-order valence-corrected chi connectivity index (χ0v) is 11.1. The fraction of sp³-hybridized carbons (Fsp3) is 0.300. The molecule has 0 heterocycles. The third kappa shape index (κ3) is 3.55. The maximum absolute atomic E-state index is 12.9. The van der Waals surface area contributed by atoms with E-state index >= 15 is 0 Å². The quantitative estimate of drug-likeness (QED) is 0.795. The summed E-state index contributed by atoms with van der Waals surface area (Å²) in [5.41, 5.74) is -1.61. The first kappa shape index (κ1) is 14.2. The van der Waals surface area contributed by atoms with E-state index in [0.29, 0.717) is 10.2 Å². The Balaban J connectivity index is 2.87. The second kappa shape index (κ2) is 5.20. The number of aliphatic hydroxyl groups is 1. The number of aliphatic carboxylic acids is 1. The topological polar surface area (TPSA) is 69.6 Å². The Kier molecular flexibility index (Phi) is 4.35. The maximum atomic E-state index is 12.9. The number of anilines is 1. The van der Waals surface area contributed by atoms with Crippen LogP contribution in [0.3, 0.4) is 0 Å². The summed E-state index contributed by atoms with van der Waals surface area (Å²) in [6.07, 6.45) is 0. The highest BCUT2D eigenvalue weighted by atomic mass is 79.9. The molecule has 3 N–H and O–H groups in total. The number of halogens is 3. The van der Waals surface area contributed by atoms with Crippen LogP contribution in [0.4, 0.5) is 10.1 Å². The molecule has 1 rings (SSSR count). The number of hydrogen-bond acceptors (Lipinski definition) is 3. The second-order valence-corrected chi connectivity index (χ2v) is 4.94. The molecule has 1 aromatic carbocycles. The molecule has 0 amide bonds. The first-order valence-electron chi connectivity index (χ1n) is 4.58. The number of carboxylic acid groups (broad SMARTS) is 1. The predicted octanol–water partition coefficient (Wildman–Crippen LogP) is 2.49. The minimum absolute atomic E-state index is 0.0954. The second-order valence-electron chi connectivity index (χ2n) is 3.68. The standard InChI is InChI=1S/C10H10BrClFNO3/c1-10(17,9(15)16)4-14-8-6(11)2-5(13)3-7(8)12/h2-3,14,17H,4H2,1H3,(H,15,16). The van der Waals surface area contributed by atoms with Gasteiger partial charge in [0.2, 0.25) is 0 Å². The van der Waals surface area contributed by atoms with E-state index in [1.54, 1.807) is 0 Å². The summed E-state index contributed by atoms with van der Waals surface area (Å²) < 4.78 is 13.3. The molecule has 0 bridgehead atoms. The summed E-state index contributed by atoms with van der Waals surface area (Å²) in [5, 5.41) is 21.0. The molecule has 17 heavy (non-hydrogen) atoms. The maximum Gasteiger partial charge on any atom is 0.337 e. The Morgan fingerprint density at radius 3 is 2.71 bits per heavy atom. The van der Waals surface area contributed by atoms with E-state index < -0.39 is 17.4 Å². The molecule has 0 fully saturated rings. The van der Waals surface area contributed by atoms with Crippen molar-refractivity contribution in [2.45, 2.75) is 12.5 Å². The average Bonchev–Trinajstić information content (AvgIpc) is 2.15. The van der Waals surface area contributed by atoms with Gasteiger partial charge in [-0.05, 0) is 35.0 Å². The lowest BCUT2D eigenvalue weighted by molar-refractivity contribution is -0.155. The molecular weight excluding hydrogens is 316 g/mol. The summed E-state index contributed by atoms with van der Waals surface area (Å²) in [6, 6.07) is 2.27. The number of rotatable bonds is 4. The Labute approximate surface area is 111 Å². The van der Waals surface area contributed by atoms with Crippen molar-refractivity contribution in [1.29, 1.82) is 0 Å². The normalized spacial score (nSPS) is 14.2. The summed E-state index contributed by atoms with van der Waals surface area (Å²) in [5.74, 6) is -1.88. The molecule has 4 nitrogen and oxygen atoms in total. The van der Waals surface area contributed by atoms with E-state index in [2.05, 4.69) is 21.2 Å². The third-order valence-electron chi connectivity index (χ3n) is 2.08. The molecule has 0 spiro atoms. The number of hydrogen-bond donors (Lipinski definition) is 3. The van der Waals surface area contributed by atoms with E-state index in [0.717, 1.165) is 13.0 Å². The van der Waals surface area contributed by atoms with Crippen molar-refractivity contribution in [3.05, 3.63) is 27.4 Å². The zero-order chi connectivity index (χ0) is 13.2. The van der Waals surface area contributed by atoms with Crippen molar-refractivity contribution < 1.29 is 19.4 Å². The van der Waals surface area contributed by atoms with Crippen molar-refractivity contribution in [3.8, 4) is 0 Å². The van der Waals surface area contributed by atoms with E-state index in [1.165, 1.54) is 6.07 Å². The lowest BCUT2D eigenvalue weighted by Crippen LogP contribution is -2.41. The average molecular weight is 327 g/mol. The van der Waals surface area contributed by atoms with Crippen LogP contribution in [-0.4, -0.2) is 28.3 Å². The fourth-order valence-electron chi connectivity index (χ4n) is 1.05. The Morgan fingerprint density at radius 2 is 2.24 bits per heavy atom. The summed E-state index contributed by atoms with van der Waals surface area (Å²) in [7, 11) is 0. The van der Waals surface area contributed by atoms with Crippen molar-refractivity contribution >= 4 is 39.2 Å². The lowest BCUT2D eigenvalue weighted by Gasteiger charge is -2.20. The molecular formula is C10H10BrClFNO3. The number of nitrogens with one attached hydrogen (secondary N) is 1. The predicted molar refractivity (Wildman–Crippen MR) is 65.9 cm³/mol. The van der Waals surface area contributed by atoms with Gasteiger partial charge in [-0.2, -0.15) is 0 Å². The molecule has 94 valence electrons. The van der Waals surface area contributed by atoms with Crippen molar-refractivity contribution in [3.63, 3.8) is 0 Å². The van der Waals surface area contributed by atoms with E-state index in [9.17, 15) is 14.3 Å². The molecule has 0 radical (unpaired) electrons. The van der Waals surface area contributed by atoms with Gasteiger partial charge in [-0.3, -0.25) is 0 Å². The van der Waals surface area contributed by atoms with Crippen molar-refractivity contribution in [2.75, 3.05) is 11.9 Å². The highest BCUT2D eigenvalue weighted by Crippen LogP contribution is 2.31. The highest BCUT2D eigenvalue weighted by Gasteiger charge is 2.30. The Hall–Kier alpha value is -0.850. The third-order valence-corrected chi connectivity index (χ3v) is 3.00. The van der Waals surface area contributed by atoms with Gasteiger partial charge in [0.25, 0.3) is 0 Å². The largest absolute Gasteiger partial charge is 0.479 e. The summed E-state index contributed by atoms with van der Waals surface area (Å²) >= 11 is 8.87. The molecule has 1 unspecified atom stereocenters. The number of benzene rings is 1. The van der Waals surface area contributed by atoms with Crippen molar-refractivity contribution in [2.24, 2.45) is 0 Å². The van der Waals surface area contributed by atoms with Crippen LogP contribution in [-0.2, 0) is 4.79 Å². The van der Waals surface area contributed by atoms with Crippen LogP contribution < -0.4 is 5.32 Å². The van der Waals surface area contributed by atoms with Crippen LogP contribution in [0, 0.1) is 5.82 Å². The summed E-state index contributed by atoms with van der Waals surface area (Å²) in [4.78, 5) is 10.7. The van der Waals surface area contributed by atoms with Crippen LogP contribution in [0.5, 0.6) is 0 Å². The van der Waals surface area contributed by atoms with Crippen LogP contribution in [0.1, 0.15) is 6.92 Å². The van der Waals surface area contributed by atoms with Crippen LogP contribution in [0.15, 0.2) is 16.6 Å². The van der Waals surface area contributed by atoms with E-state index in [-0.39, 0.29) is 11.6 Å². The van der Waals surface area contributed by atoms with Gasteiger partial charge in [-0.1, -0.05) is 11.6 Å². The molecule has 1 atom stereocenters. The zero-order valence-electron chi connectivity index (χ0n) is 8.80. The van der Waals surface area contributed by atoms with Gasteiger partial charge in [-0.25, -0.2) is 9.18 Å². The van der Waals surface area contributed by atoms with Gasteiger partial charge in [-0.15, -0.1) is 0 Å². The van der Waals surface area contributed by atoms with Gasteiger partial charge in [0.1, 0.15) is 5.82 Å². The number of carboxylic acids is 1. The molecule has 0 aliphatic heterocycles. The Bertz CT molecular complexity index is 430. The molecule has 7 heteroatoms. The highest BCUT2D eigenvalue weighted by molar-refractivity contribution is 9.10. The first-order chi connectivity index (χ1) is 7.74.